The highest BCUT2D eigenvalue weighted by atomic mass is 16.4. The van der Waals surface area contributed by atoms with Gasteiger partial charge in [-0.05, 0) is 44.7 Å². The fraction of sp³-hybridized carbons (Fsp3) is 0.500. The second-order valence-corrected chi connectivity index (χ2v) is 6.04. The zero-order valence-corrected chi connectivity index (χ0v) is 12.6. The summed E-state index contributed by atoms with van der Waals surface area (Å²) < 4.78 is 0. The van der Waals surface area contributed by atoms with E-state index in [0.717, 1.165) is 0 Å². The van der Waals surface area contributed by atoms with Gasteiger partial charge in [-0.15, -0.1) is 0 Å². The van der Waals surface area contributed by atoms with Crippen LogP contribution in [0.3, 0.4) is 0 Å². The van der Waals surface area contributed by atoms with Crippen LogP contribution in [0.1, 0.15) is 51.6 Å². The van der Waals surface area contributed by atoms with Crippen LogP contribution >= 0.6 is 0 Å². The summed E-state index contributed by atoms with van der Waals surface area (Å²) >= 11 is 0. The maximum absolute atomic E-state index is 12.7. The molecule has 0 unspecified atom stereocenters. The van der Waals surface area contributed by atoms with Gasteiger partial charge in [0.1, 0.15) is 0 Å². The molecule has 0 saturated carbocycles. The first-order valence-electron chi connectivity index (χ1n) is 7.08. The lowest BCUT2D eigenvalue weighted by Gasteiger charge is -2.36. The van der Waals surface area contributed by atoms with Gasteiger partial charge in [-0.1, -0.05) is 12.1 Å². The molecule has 1 heterocycles. The Labute approximate surface area is 124 Å². The van der Waals surface area contributed by atoms with E-state index in [1.807, 2.05) is 0 Å². The highest BCUT2D eigenvalue weighted by Gasteiger charge is 2.32. The highest BCUT2D eigenvalue weighted by Crippen LogP contribution is 2.25. The van der Waals surface area contributed by atoms with Crippen LogP contribution in [-0.2, 0) is 0 Å². The van der Waals surface area contributed by atoms with Gasteiger partial charge in [-0.2, -0.15) is 0 Å². The lowest BCUT2D eigenvalue weighted by Crippen LogP contribution is -2.45. The minimum absolute atomic E-state index is 0.0809. The molecule has 114 valence electrons. The van der Waals surface area contributed by atoms with Crippen molar-refractivity contribution in [3.8, 4) is 0 Å². The third kappa shape index (κ3) is 3.08. The van der Waals surface area contributed by atoms with Gasteiger partial charge >= 0.3 is 5.97 Å². The second kappa shape index (κ2) is 5.48. The summed E-state index contributed by atoms with van der Waals surface area (Å²) in [6, 6.07) is 3.49. The molecular weight excluding hydrogens is 270 g/mol. The molecule has 1 aliphatic rings. The van der Waals surface area contributed by atoms with Gasteiger partial charge in [0, 0.05) is 13.1 Å². The number of amides is 1. The molecule has 0 spiro atoms. The number of hydrogen-bond acceptors (Lipinski definition) is 3. The van der Waals surface area contributed by atoms with Crippen LogP contribution in [0.2, 0.25) is 0 Å². The number of aromatic carboxylic acids is 1. The van der Waals surface area contributed by atoms with Gasteiger partial charge in [0.15, 0.2) is 0 Å². The first-order valence-corrected chi connectivity index (χ1v) is 7.08. The molecule has 1 aromatic carbocycles. The van der Waals surface area contributed by atoms with Crippen LogP contribution in [0, 0.1) is 13.8 Å². The average Bonchev–Trinajstić information content (AvgIpc) is 2.40. The Morgan fingerprint density at radius 3 is 2.05 bits per heavy atom. The number of aliphatic hydroxyl groups is 1. The molecule has 0 atom stereocenters. The zero-order valence-electron chi connectivity index (χ0n) is 12.6. The number of carboxylic acid groups (broad SMARTS) is 1. The molecule has 2 rings (SSSR count). The fourth-order valence-electron chi connectivity index (χ4n) is 2.71. The number of rotatable bonds is 2. The van der Waals surface area contributed by atoms with Crippen molar-refractivity contribution in [2.75, 3.05) is 13.1 Å². The first kappa shape index (κ1) is 15.5. The third-order valence-corrected chi connectivity index (χ3v) is 4.18. The van der Waals surface area contributed by atoms with Crippen molar-refractivity contribution in [1.29, 1.82) is 0 Å². The van der Waals surface area contributed by atoms with E-state index in [4.69, 9.17) is 0 Å². The molecule has 1 amide bonds. The minimum Gasteiger partial charge on any atom is -0.478 e. The van der Waals surface area contributed by atoms with Gasteiger partial charge in [0.2, 0.25) is 0 Å². The normalized spacial score (nSPS) is 17.6. The van der Waals surface area contributed by atoms with E-state index in [2.05, 4.69) is 0 Å². The van der Waals surface area contributed by atoms with Gasteiger partial charge < -0.3 is 15.1 Å². The Hall–Kier alpha value is -1.88. The van der Waals surface area contributed by atoms with Crippen LogP contribution in [0.5, 0.6) is 0 Å². The lowest BCUT2D eigenvalue weighted by atomic mass is 9.91. The number of carbonyl (C=O) groups is 2. The van der Waals surface area contributed by atoms with Crippen LogP contribution in [-0.4, -0.2) is 45.7 Å². The SMILES string of the molecule is Cc1ccc(C)c(C(=O)N2CCC(C)(O)CC2)c1C(=O)O. The van der Waals surface area contributed by atoms with Gasteiger partial charge in [0.25, 0.3) is 5.91 Å². The molecule has 1 fully saturated rings. The lowest BCUT2D eigenvalue weighted by molar-refractivity contribution is -0.00215. The molecule has 2 N–H and O–H groups in total. The van der Waals surface area contributed by atoms with Crippen LogP contribution in [0.15, 0.2) is 12.1 Å². The van der Waals surface area contributed by atoms with Crippen molar-refractivity contribution >= 4 is 11.9 Å². The monoisotopic (exact) mass is 291 g/mol. The van der Waals surface area contributed by atoms with Gasteiger partial charge in [0.05, 0.1) is 16.7 Å². The number of benzene rings is 1. The van der Waals surface area contributed by atoms with Gasteiger partial charge in [-0.3, -0.25) is 4.79 Å². The zero-order chi connectivity index (χ0) is 15.8. The first-order chi connectivity index (χ1) is 9.73. The van der Waals surface area contributed by atoms with Crippen molar-refractivity contribution in [3.05, 3.63) is 34.4 Å². The number of nitrogens with zero attached hydrogens (tertiary/aromatic N) is 1. The van der Waals surface area contributed by atoms with Gasteiger partial charge in [-0.25, -0.2) is 4.79 Å². The largest absolute Gasteiger partial charge is 0.478 e. The summed E-state index contributed by atoms with van der Waals surface area (Å²) in [4.78, 5) is 25.8. The number of piperidine rings is 1. The summed E-state index contributed by atoms with van der Waals surface area (Å²) in [6.07, 6.45) is 1.01. The number of carbonyl (C=O) groups excluding carboxylic acids is 1. The number of aryl methyl sites for hydroxylation is 2. The topological polar surface area (TPSA) is 77.8 Å². The molecule has 0 radical (unpaired) electrons. The van der Waals surface area contributed by atoms with E-state index in [0.29, 0.717) is 37.1 Å². The minimum atomic E-state index is -1.08. The van der Waals surface area contributed by atoms with Crippen molar-refractivity contribution in [2.45, 2.75) is 39.2 Å². The maximum Gasteiger partial charge on any atom is 0.336 e. The van der Waals surface area contributed by atoms with Crippen molar-refractivity contribution in [2.24, 2.45) is 0 Å². The van der Waals surface area contributed by atoms with E-state index in [1.165, 1.54) is 0 Å². The van der Waals surface area contributed by atoms with E-state index >= 15 is 0 Å². The molecule has 5 heteroatoms. The summed E-state index contributed by atoms with van der Waals surface area (Å²) in [5.74, 6) is -1.34. The molecule has 21 heavy (non-hydrogen) atoms. The number of likely N-dealkylation sites (tertiary alicyclic amines) is 1. The highest BCUT2D eigenvalue weighted by molar-refractivity contribution is 6.06. The Morgan fingerprint density at radius 2 is 1.57 bits per heavy atom. The molecule has 5 nitrogen and oxygen atoms in total. The Morgan fingerprint density at radius 1 is 1.10 bits per heavy atom. The molecule has 0 aromatic heterocycles. The fourth-order valence-corrected chi connectivity index (χ4v) is 2.71. The Balaban J connectivity index is 2.36. The summed E-state index contributed by atoms with van der Waals surface area (Å²) in [5.41, 5.74) is 0.857. The van der Waals surface area contributed by atoms with E-state index in [9.17, 15) is 19.8 Å². The number of hydrogen-bond donors (Lipinski definition) is 2. The Bertz CT molecular complexity index is 582. The molecular formula is C16H21NO4. The van der Waals surface area contributed by atoms with Crippen LogP contribution in [0.25, 0.3) is 0 Å². The summed E-state index contributed by atoms with van der Waals surface area (Å²) in [7, 11) is 0. The number of carboxylic acids is 1. The standard InChI is InChI=1S/C16H21NO4/c1-10-4-5-11(2)13(15(19)20)12(10)14(18)17-8-6-16(3,21)7-9-17/h4-5,21H,6-9H2,1-3H3,(H,19,20). The van der Waals surface area contributed by atoms with E-state index in [-0.39, 0.29) is 17.0 Å². The summed E-state index contributed by atoms with van der Waals surface area (Å²) in [6.45, 7) is 6.09. The maximum atomic E-state index is 12.7. The molecule has 1 saturated heterocycles. The third-order valence-electron chi connectivity index (χ3n) is 4.18. The van der Waals surface area contributed by atoms with Crippen LogP contribution in [0.4, 0.5) is 0 Å². The quantitative estimate of drug-likeness (QED) is 0.873. The van der Waals surface area contributed by atoms with E-state index < -0.39 is 11.6 Å². The van der Waals surface area contributed by atoms with E-state index in [1.54, 1.807) is 37.8 Å². The Kier molecular flexibility index (Phi) is 4.05. The smallest absolute Gasteiger partial charge is 0.336 e. The molecule has 0 aliphatic carbocycles. The second-order valence-electron chi connectivity index (χ2n) is 6.04. The van der Waals surface area contributed by atoms with Crippen molar-refractivity contribution in [3.63, 3.8) is 0 Å². The van der Waals surface area contributed by atoms with Crippen molar-refractivity contribution < 1.29 is 19.8 Å². The predicted molar refractivity (Wildman–Crippen MR) is 78.6 cm³/mol. The van der Waals surface area contributed by atoms with Crippen LogP contribution < -0.4 is 0 Å². The predicted octanol–water partition coefficient (Wildman–Crippen LogP) is 1.99. The summed E-state index contributed by atoms with van der Waals surface area (Å²) in [5, 5.41) is 19.3. The molecule has 0 bridgehead atoms. The molecule has 1 aromatic rings. The molecule has 1 aliphatic heterocycles. The van der Waals surface area contributed by atoms with Crippen molar-refractivity contribution in [1.82, 2.24) is 4.90 Å². The average molecular weight is 291 g/mol.